The third kappa shape index (κ3) is 4.01. The Balaban J connectivity index is 2.34. The minimum absolute atomic E-state index is 0.466. The molecule has 96 valence electrons. The Bertz CT molecular complexity index is 190. The number of hydrogen-bond donors (Lipinski definition) is 1. The highest BCUT2D eigenvalue weighted by atomic mass is 16.5. The third-order valence-electron chi connectivity index (χ3n) is 3.35. The lowest BCUT2D eigenvalue weighted by molar-refractivity contribution is 0.0998. The van der Waals surface area contributed by atoms with Gasteiger partial charge in [0.2, 0.25) is 0 Å². The summed E-state index contributed by atoms with van der Waals surface area (Å²) in [7, 11) is 3.91. The first-order valence-electron chi connectivity index (χ1n) is 6.19. The molecule has 1 saturated heterocycles. The van der Waals surface area contributed by atoms with Gasteiger partial charge in [-0.25, -0.2) is 0 Å². The number of likely N-dealkylation sites (N-methyl/N-ethyl adjacent to an activating group) is 2. The van der Waals surface area contributed by atoms with Crippen molar-refractivity contribution in [2.75, 3.05) is 47.1 Å². The first-order valence-corrected chi connectivity index (χ1v) is 6.19. The second-order valence-corrected chi connectivity index (χ2v) is 4.71. The van der Waals surface area contributed by atoms with Gasteiger partial charge in [-0.05, 0) is 20.5 Å². The quantitative estimate of drug-likeness (QED) is 0.693. The molecule has 1 aliphatic rings. The molecule has 1 heterocycles. The van der Waals surface area contributed by atoms with Crippen LogP contribution >= 0.6 is 0 Å². The van der Waals surface area contributed by atoms with E-state index in [0.29, 0.717) is 18.0 Å². The molecule has 0 aliphatic carbocycles. The van der Waals surface area contributed by atoms with Gasteiger partial charge in [-0.15, -0.1) is 0 Å². The lowest BCUT2D eigenvalue weighted by atomic mass is 10.0. The Kier molecular flexibility index (Phi) is 6.28. The minimum Gasteiger partial charge on any atom is -0.383 e. The highest BCUT2D eigenvalue weighted by molar-refractivity contribution is 4.83. The van der Waals surface area contributed by atoms with E-state index in [1.807, 2.05) is 0 Å². The molecule has 0 aromatic rings. The maximum atomic E-state index is 5.54. The molecule has 4 nitrogen and oxygen atoms in total. The molecule has 0 aromatic heterocycles. The second kappa shape index (κ2) is 7.22. The number of nitrogens with one attached hydrogen (secondary N) is 1. The van der Waals surface area contributed by atoms with Crippen molar-refractivity contribution in [1.29, 1.82) is 0 Å². The lowest BCUT2D eigenvalue weighted by Crippen LogP contribution is -2.43. The van der Waals surface area contributed by atoms with Gasteiger partial charge in [-0.2, -0.15) is 0 Å². The SMILES string of the molecule is CCNC1COCC1CN(C)C(C)COC. The molecule has 4 heteroatoms. The molecule has 0 aromatic carbocycles. The van der Waals surface area contributed by atoms with E-state index in [9.17, 15) is 0 Å². The molecule has 16 heavy (non-hydrogen) atoms. The lowest BCUT2D eigenvalue weighted by Gasteiger charge is -2.28. The molecule has 3 atom stereocenters. The zero-order valence-corrected chi connectivity index (χ0v) is 11.0. The van der Waals surface area contributed by atoms with E-state index in [1.165, 1.54) is 0 Å². The van der Waals surface area contributed by atoms with Gasteiger partial charge in [0.05, 0.1) is 19.8 Å². The van der Waals surface area contributed by atoms with Crippen LogP contribution in [0.25, 0.3) is 0 Å². The summed E-state index contributed by atoms with van der Waals surface area (Å²) in [6.07, 6.45) is 0. The highest BCUT2D eigenvalue weighted by Crippen LogP contribution is 2.15. The minimum atomic E-state index is 0.466. The fourth-order valence-corrected chi connectivity index (χ4v) is 2.18. The highest BCUT2D eigenvalue weighted by Gasteiger charge is 2.29. The zero-order valence-electron chi connectivity index (χ0n) is 11.0. The monoisotopic (exact) mass is 230 g/mol. The van der Waals surface area contributed by atoms with E-state index in [-0.39, 0.29) is 0 Å². The number of methoxy groups -OCH3 is 1. The van der Waals surface area contributed by atoms with Crippen LogP contribution in [-0.4, -0.2) is 64.1 Å². The van der Waals surface area contributed by atoms with E-state index in [2.05, 4.69) is 31.1 Å². The average molecular weight is 230 g/mol. The smallest absolute Gasteiger partial charge is 0.0623 e. The van der Waals surface area contributed by atoms with Gasteiger partial charge in [0.15, 0.2) is 0 Å². The Labute approximate surface area is 99.3 Å². The zero-order chi connectivity index (χ0) is 12.0. The van der Waals surface area contributed by atoms with Crippen molar-refractivity contribution in [3.05, 3.63) is 0 Å². The molecule has 1 fully saturated rings. The van der Waals surface area contributed by atoms with Crippen LogP contribution in [0.3, 0.4) is 0 Å². The van der Waals surface area contributed by atoms with Gasteiger partial charge in [-0.1, -0.05) is 6.92 Å². The molecule has 3 unspecified atom stereocenters. The summed E-state index contributed by atoms with van der Waals surface area (Å²) in [4.78, 5) is 2.35. The first kappa shape index (κ1) is 13.9. The van der Waals surface area contributed by atoms with Crippen LogP contribution in [-0.2, 0) is 9.47 Å². The Morgan fingerprint density at radius 3 is 2.88 bits per heavy atom. The van der Waals surface area contributed by atoms with Crippen molar-refractivity contribution in [3.63, 3.8) is 0 Å². The van der Waals surface area contributed by atoms with Crippen molar-refractivity contribution in [2.24, 2.45) is 5.92 Å². The number of hydrogen-bond acceptors (Lipinski definition) is 4. The summed E-state index contributed by atoms with van der Waals surface area (Å²) in [5.41, 5.74) is 0. The van der Waals surface area contributed by atoms with Crippen LogP contribution in [0, 0.1) is 5.92 Å². The van der Waals surface area contributed by atoms with Crippen molar-refractivity contribution in [1.82, 2.24) is 10.2 Å². The summed E-state index contributed by atoms with van der Waals surface area (Å²) < 4.78 is 10.7. The first-order chi connectivity index (χ1) is 7.69. The molecular formula is C12H26N2O2. The van der Waals surface area contributed by atoms with Crippen LogP contribution in [0.15, 0.2) is 0 Å². The van der Waals surface area contributed by atoms with Crippen LogP contribution in [0.5, 0.6) is 0 Å². The molecule has 0 radical (unpaired) electrons. The van der Waals surface area contributed by atoms with Gasteiger partial charge >= 0.3 is 0 Å². The van der Waals surface area contributed by atoms with E-state index in [1.54, 1.807) is 7.11 Å². The van der Waals surface area contributed by atoms with Crippen molar-refractivity contribution in [3.8, 4) is 0 Å². The molecule has 1 aliphatic heterocycles. The third-order valence-corrected chi connectivity index (χ3v) is 3.35. The molecule has 1 N–H and O–H groups in total. The molecule has 0 spiro atoms. The fourth-order valence-electron chi connectivity index (χ4n) is 2.18. The van der Waals surface area contributed by atoms with Crippen molar-refractivity contribution in [2.45, 2.75) is 25.9 Å². The van der Waals surface area contributed by atoms with Crippen molar-refractivity contribution >= 4 is 0 Å². The molecule has 0 saturated carbocycles. The van der Waals surface area contributed by atoms with Crippen LogP contribution in [0.4, 0.5) is 0 Å². The van der Waals surface area contributed by atoms with E-state index in [4.69, 9.17) is 9.47 Å². The maximum absolute atomic E-state index is 5.54. The predicted molar refractivity (Wildman–Crippen MR) is 65.7 cm³/mol. The van der Waals surface area contributed by atoms with Crippen LogP contribution in [0.2, 0.25) is 0 Å². The van der Waals surface area contributed by atoms with E-state index >= 15 is 0 Å². The number of ether oxygens (including phenoxy) is 2. The topological polar surface area (TPSA) is 33.7 Å². The predicted octanol–water partition coefficient (Wildman–Crippen LogP) is 0.578. The van der Waals surface area contributed by atoms with Crippen LogP contribution < -0.4 is 5.32 Å². The Hall–Kier alpha value is -0.160. The molecular weight excluding hydrogens is 204 g/mol. The van der Waals surface area contributed by atoms with Gasteiger partial charge in [0.1, 0.15) is 0 Å². The standard InChI is InChI=1S/C12H26N2O2/c1-5-13-12-9-16-8-11(12)6-14(3)10(2)7-15-4/h10-13H,5-9H2,1-4H3. The van der Waals surface area contributed by atoms with Crippen molar-refractivity contribution < 1.29 is 9.47 Å². The van der Waals surface area contributed by atoms with Crippen LogP contribution in [0.1, 0.15) is 13.8 Å². The fraction of sp³-hybridized carbons (Fsp3) is 1.00. The second-order valence-electron chi connectivity index (χ2n) is 4.71. The van der Waals surface area contributed by atoms with Gasteiger partial charge in [-0.3, -0.25) is 0 Å². The summed E-state index contributed by atoms with van der Waals surface area (Å²) in [6.45, 7) is 8.95. The summed E-state index contributed by atoms with van der Waals surface area (Å²) in [5.74, 6) is 0.601. The average Bonchev–Trinajstić information content (AvgIpc) is 2.67. The molecule has 1 rings (SSSR count). The van der Waals surface area contributed by atoms with Gasteiger partial charge in [0, 0.05) is 31.7 Å². The number of nitrogens with zero attached hydrogens (tertiary/aromatic N) is 1. The Morgan fingerprint density at radius 2 is 2.25 bits per heavy atom. The van der Waals surface area contributed by atoms with Gasteiger partial charge < -0.3 is 19.7 Å². The van der Waals surface area contributed by atoms with E-state index < -0.39 is 0 Å². The largest absolute Gasteiger partial charge is 0.383 e. The molecule has 0 amide bonds. The van der Waals surface area contributed by atoms with Gasteiger partial charge in [0.25, 0.3) is 0 Å². The summed E-state index contributed by atoms with van der Waals surface area (Å²) in [5, 5.41) is 3.49. The molecule has 0 bridgehead atoms. The number of rotatable bonds is 7. The maximum Gasteiger partial charge on any atom is 0.0623 e. The summed E-state index contributed by atoms with van der Waals surface area (Å²) >= 11 is 0. The van der Waals surface area contributed by atoms with E-state index in [0.717, 1.165) is 32.9 Å². The normalized spacial score (nSPS) is 27.6. The Morgan fingerprint density at radius 1 is 1.50 bits per heavy atom. The summed E-state index contributed by atoms with van der Waals surface area (Å²) in [6, 6.07) is 0.982.